The van der Waals surface area contributed by atoms with Gasteiger partial charge in [0.15, 0.2) is 10.8 Å². The molecule has 1 saturated carbocycles. The third kappa shape index (κ3) is 3.45. The lowest BCUT2D eigenvalue weighted by atomic mass is 9.84. The summed E-state index contributed by atoms with van der Waals surface area (Å²) in [5.41, 5.74) is 2.78. The number of hydrogen-bond donors (Lipinski definition) is 0. The van der Waals surface area contributed by atoms with Crippen molar-refractivity contribution in [2.24, 2.45) is 0 Å². The Morgan fingerprint density at radius 3 is 2.76 bits per heavy atom. The zero-order chi connectivity index (χ0) is 20.0. The number of hydrogen-bond acceptors (Lipinski definition) is 6. The van der Waals surface area contributed by atoms with Gasteiger partial charge in [-0.15, -0.1) is 0 Å². The highest BCUT2D eigenvalue weighted by molar-refractivity contribution is 7.22. The largest absolute Gasteiger partial charge is 0.378 e. The van der Waals surface area contributed by atoms with Crippen LogP contribution in [0.25, 0.3) is 10.3 Å². The second-order valence-electron chi connectivity index (χ2n) is 7.76. The van der Waals surface area contributed by atoms with Crippen molar-refractivity contribution >= 4 is 38.4 Å². The first-order valence-corrected chi connectivity index (χ1v) is 11.3. The minimum absolute atomic E-state index is 0.155. The number of thiazole rings is 1. The van der Waals surface area contributed by atoms with Crippen molar-refractivity contribution in [1.29, 1.82) is 0 Å². The monoisotopic (exact) mass is 430 g/mol. The maximum absolute atomic E-state index is 12.8. The summed E-state index contributed by atoms with van der Waals surface area (Å²) in [6.07, 6.45) is 3.34. The van der Waals surface area contributed by atoms with E-state index in [-0.39, 0.29) is 5.56 Å². The van der Waals surface area contributed by atoms with Gasteiger partial charge in [0.05, 0.1) is 19.8 Å². The van der Waals surface area contributed by atoms with E-state index in [2.05, 4.69) is 20.5 Å². The smallest absolute Gasteiger partial charge is 0.292 e. The van der Waals surface area contributed by atoms with Gasteiger partial charge in [-0.25, -0.2) is 4.98 Å². The van der Waals surface area contributed by atoms with E-state index in [1.165, 1.54) is 17.8 Å². The Balaban J connectivity index is 1.66. The number of halogens is 1. The minimum Gasteiger partial charge on any atom is -0.378 e. The van der Waals surface area contributed by atoms with Gasteiger partial charge in [-0.3, -0.25) is 4.79 Å². The standard InChI is InChI=1S/C21H23ClN4O2S/c1-13-15(6-3-7-16(13)22)12-26-18(14-4-2-5-14)23-20(27)17-19(26)24-21(29-17)25-8-10-28-11-9-25/h3,6-7,14H,2,4-5,8-12H2,1H3. The average Bonchev–Trinajstić information content (AvgIpc) is 3.13. The summed E-state index contributed by atoms with van der Waals surface area (Å²) in [5.74, 6) is 1.20. The lowest BCUT2D eigenvalue weighted by Gasteiger charge is -2.28. The van der Waals surface area contributed by atoms with E-state index in [0.717, 1.165) is 58.7 Å². The molecule has 6 nitrogen and oxygen atoms in total. The van der Waals surface area contributed by atoms with Gasteiger partial charge >= 0.3 is 0 Å². The molecule has 5 rings (SSSR count). The first-order chi connectivity index (χ1) is 14.1. The predicted molar refractivity (Wildman–Crippen MR) is 117 cm³/mol. The van der Waals surface area contributed by atoms with Crippen molar-refractivity contribution < 1.29 is 4.74 Å². The van der Waals surface area contributed by atoms with Crippen molar-refractivity contribution in [3.63, 3.8) is 0 Å². The number of nitrogens with zero attached hydrogens (tertiary/aromatic N) is 4. The Labute approximate surface area is 178 Å². The first-order valence-electron chi connectivity index (χ1n) is 10.1. The molecule has 0 bridgehead atoms. The van der Waals surface area contributed by atoms with Gasteiger partial charge in [-0.2, -0.15) is 4.98 Å². The number of aromatic nitrogens is 3. The molecule has 152 valence electrons. The molecule has 29 heavy (non-hydrogen) atoms. The Bertz CT molecular complexity index is 1120. The molecule has 1 aliphatic heterocycles. The molecule has 0 unspecified atom stereocenters. The summed E-state index contributed by atoms with van der Waals surface area (Å²) in [6, 6.07) is 5.97. The fraction of sp³-hybridized carbons (Fsp3) is 0.476. The maximum Gasteiger partial charge on any atom is 0.292 e. The van der Waals surface area contributed by atoms with Crippen LogP contribution in [0.1, 0.15) is 42.1 Å². The van der Waals surface area contributed by atoms with Crippen molar-refractivity contribution in [2.75, 3.05) is 31.2 Å². The fourth-order valence-electron chi connectivity index (χ4n) is 3.96. The van der Waals surface area contributed by atoms with Crippen molar-refractivity contribution in [3.05, 3.63) is 50.5 Å². The zero-order valence-corrected chi connectivity index (χ0v) is 17.9. The molecular weight excluding hydrogens is 408 g/mol. The van der Waals surface area contributed by atoms with E-state index in [1.54, 1.807) is 0 Å². The third-order valence-corrected chi connectivity index (χ3v) is 7.50. The van der Waals surface area contributed by atoms with Gasteiger partial charge in [-0.1, -0.05) is 41.5 Å². The van der Waals surface area contributed by atoms with Crippen LogP contribution in [0.3, 0.4) is 0 Å². The molecule has 0 spiro atoms. The first kappa shape index (κ1) is 19.0. The number of morpholine rings is 1. The molecule has 0 radical (unpaired) electrons. The molecule has 1 aromatic carbocycles. The summed E-state index contributed by atoms with van der Waals surface area (Å²) in [7, 11) is 0. The van der Waals surface area contributed by atoms with E-state index < -0.39 is 0 Å². The molecule has 2 fully saturated rings. The summed E-state index contributed by atoms with van der Waals surface area (Å²) >= 11 is 7.81. The van der Waals surface area contributed by atoms with Crippen LogP contribution in [-0.2, 0) is 11.3 Å². The topological polar surface area (TPSA) is 60.2 Å². The predicted octanol–water partition coefficient (Wildman–Crippen LogP) is 3.97. The second-order valence-corrected chi connectivity index (χ2v) is 9.15. The van der Waals surface area contributed by atoms with Crippen LogP contribution in [0, 0.1) is 6.92 Å². The highest BCUT2D eigenvalue weighted by Crippen LogP contribution is 2.37. The Hall–Kier alpha value is -1.96. The zero-order valence-electron chi connectivity index (χ0n) is 16.4. The molecule has 2 aliphatic rings. The molecule has 1 aliphatic carbocycles. The van der Waals surface area contributed by atoms with Gasteiger partial charge in [-0.05, 0) is 37.0 Å². The van der Waals surface area contributed by atoms with Crippen molar-refractivity contribution in [1.82, 2.24) is 14.5 Å². The summed E-state index contributed by atoms with van der Waals surface area (Å²) in [6.45, 7) is 5.62. The lowest BCUT2D eigenvalue weighted by Crippen LogP contribution is -2.36. The number of rotatable bonds is 4. The van der Waals surface area contributed by atoms with Crippen LogP contribution in [0.2, 0.25) is 5.02 Å². The second kappa shape index (κ2) is 7.70. The summed E-state index contributed by atoms with van der Waals surface area (Å²) in [5, 5.41) is 1.63. The van der Waals surface area contributed by atoms with Crippen LogP contribution in [0.4, 0.5) is 5.13 Å². The summed E-state index contributed by atoms with van der Waals surface area (Å²) in [4.78, 5) is 24.5. The molecule has 1 saturated heterocycles. The van der Waals surface area contributed by atoms with Gasteiger partial charge in [0.2, 0.25) is 0 Å². The van der Waals surface area contributed by atoms with Crippen molar-refractivity contribution in [2.45, 2.75) is 38.6 Å². The molecule has 3 heterocycles. The van der Waals surface area contributed by atoms with E-state index in [9.17, 15) is 4.79 Å². The van der Waals surface area contributed by atoms with Gasteiger partial charge < -0.3 is 14.2 Å². The lowest BCUT2D eigenvalue weighted by molar-refractivity contribution is 0.122. The molecular formula is C21H23ClN4O2S. The number of ether oxygens (including phenoxy) is 1. The molecule has 0 amide bonds. The van der Waals surface area contributed by atoms with E-state index >= 15 is 0 Å². The van der Waals surface area contributed by atoms with Gasteiger partial charge in [0.1, 0.15) is 10.5 Å². The fourth-order valence-corrected chi connectivity index (χ4v) is 5.17. The highest BCUT2D eigenvalue weighted by atomic mass is 35.5. The summed E-state index contributed by atoms with van der Waals surface area (Å²) < 4.78 is 8.25. The molecule has 0 N–H and O–H groups in total. The van der Waals surface area contributed by atoms with Crippen molar-refractivity contribution in [3.8, 4) is 0 Å². The minimum atomic E-state index is -0.155. The normalized spacial score (nSPS) is 17.7. The average molecular weight is 431 g/mol. The Morgan fingerprint density at radius 2 is 2.03 bits per heavy atom. The molecule has 3 aromatic rings. The molecule has 8 heteroatoms. The van der Waals surface area contributed by atoms with E-state index in [4.69, 9.17) is 21.3 Å². The Morgan fingerprint density at radius 1 is 1.24 bits per heavy atom. The van der Waals surface area contributed by atoms with Crippen LogP contribution in [0.15, 0.2) is 23.0 Å². The van der Waals surface area contributed by atoms with E-state index in [0.29, 0.717) is 30.4 Å². The van der Waals surface area contributed by atoms with Crippen LogP contribution in [-0.4, -0.2) is 40.8 Å². The maximum atomic E-state index is 12.8. The van der Waals surface area contributed by atoms with Crippen LogP contribution >= 0.6 is 22.9 Å². The number of benzene rings is 1. The molecule has 2 aromatic heterocycles. The Kier molecular flexibility index (Phi) is 5.05. The van der Waals surface area contributed by atoms with Crippen LogP contribution in [0.5, 0.6) is 0 Å². The third-order valence-electron chi connectivity index (χ3n) is 6.00. The quantitative estimate of drug-likeness (QED) is 0.626. The van der Waals surface area contributed by atoms with Crippen LogP contribution < -0.4 is 10.5 Å². The molecule has 0 atom stereocenters. The highest BCUT2D eigenvalue weighted by Gasteiger charge is 2.28. The van der Waals surface area contributed by atoms with Gasteiger partial charge in [0, 0.05) is 24.0 Å². The SMILES string of the molecule is Cc1c(Cl)cccc1Cn1c(C2CCC2)nc(=O)c2sc(N3CCOCC3)nc21. The number of fused-ring (bicyclic) bond motifs is 1. The van der Waals surface area contributed by atoms with E-state index in [1.807, 2.05) is 19.1 Å². The number of anilines is 1. The van der Waals surface area contributed by atoms with Gasteiger partial charge in [0.25, 0.3) is 5.56 Å².